The van der Waals surface area contributed by atoms with E-state index in [9.17, 15) is 9.59 Å². The molecule has 0 radical (unpaired) electrons. The Balaban J connectivity index is 1.19. The molecule has 2 unspecified atom stereocenters. The van der Waals surface area contributed by atoms with E-state index in [4.69, 9.17) is 0 Å². The number of hydrogen-bond donors (Lipinski definition) is 1. The van der Waals surface area contributed by atoms with E-state index >= 15 is 0 Å². The zero-order valence-corrected chi connectivity index (χ0v) is 18.0. The second kappa shape index (κ2) is 8.32. The van der Waals surface area contributed by atoms with Crippen LogP contribution in [-0.2, 0) is 11.3 Å². The fourth-order valence-electron chi connectivity index (χ4n) is 5.54. The number of nitrogens with one attached hydrogen (secondary N) is 1. The van der Waals surface area contributed by atoms with Crippen LogP contribution in [0.15, 0.2) is 30.7 Å². The molecule has 2 aromatic rings. The van der Waals surface area contributed by atoms with E-state index in [0.29, 0.717) is 48.9 Å². The second-order valence-electron chi connectivity index (χ2n) is 9.10. The lowest BCUT2D eigenvalue weighted by Crippen LogP contribution is -2.60. The van der Waals surface area contributed by atoms with Gasteiger partial charge in [0.25, 0.3) is 5.91 Å². The number of aryl methyl sites for hydroxylation is 1. The highest BCUT2D eigenvalue weighted by Gasteiger charge is 2.44. The lowest BCUT2D eigenvalue weighted by atomic mass is 9.76. The van der Waals surface area contributed by atoms with E-state index < -0.39 is 0 Å². The maximum Gasteiger partial charge on any atom is 0.252 e. The van der Waals surface area contributed by atoms with Crippen molar-refractivity contribution in [1.82, 2.24) is 24.8 Å². The fourth-order valence-corrected chi connectivity index (χ4v) is 5.54. The van der Waals surface area contributed by atoms with Crippen molar-refractivity contribution in [1.29, 1.82) is 0 Å². The summed E-state index contributed by atoms with van der Waals surface area (Å²) in [5.41, 5.74) is 0.576. The summed E-state index contributed by atoms with van der Waals surface area (Å²) < 4.78 is 2.01. The quantitative estimate of drug-likeness (QED) is 0.795. The third kappa shape index (κ3) is 4.03. The van der Waals surface area contributed by atoms with Crippen LogP contribution in [0.1, 0.15) is 41.9 Å². The molecule has 1 N–H and O–H groups in total. The molecule has 2 aromatic heterocycles. The van der Waals surface area contributed by atoms with Gasteiger partial charge in [-0.3, -0.25) is 9.59 Å². The molecule has 0 saturated carbocycles. The Hall–Kier alpha value is -2.90. The summed E-state index contributed by atoms with van der Waals surface area (Å²) in [5, 5.41) is 2.95. The summed E-state index contributed by atoms with van der Waals surface area (Å²) in [6.45, 7) is 5.93. The summed E-state index contributed by atoms with van der Waals surface area (Å²) in [6, 6.07) is 4.21. The molecule has 3 aliphatic heterocycles. The van der Waals surface area contributed by atoms with Gasteiger partial charge in [0.1, 0.15) is 11.6 Å². The second-order valence-corrected chi connectivity index (χ2v) is 9.10. The van der Waals surface area contributed by atoms with Crippen molar-refractivity contribution >= 4 is 17.6 Å². The number of fused-ring (bicyclic) bond motifs is 4. The average Bonchev–Trinajstić information content (AvgIpc) is 3.19. The number of carbonyl (C=O) groups is 2. The zero-order chi connectivity index (χ0) is 21.4. The third-order valence-corrected chi connectivity index (χ3v) is 7.08. The van der Waals surface area contributed by atoms with Gasteiger partial charge in [-0.1, -0.05) is 0 Å². The molecule has 2 bridgehead atoms. The molecule has 0 aromatic carbocycles. The summed E-state index contributed by atoms with van der Waals surface area (Å²) in [4.78, 5) is 38.1. The average molecular weight is 423 g/mol. The number of nitrogens with zero attached hydrogens (tertiary/aromatic N) is 5. The standard InChI is InChI=1S/C23H30N6O2/c1-16-24-7-9-27(16)10-8-25-23(31)18-5-6-21(26-12-18)28-13-17-11-19(15-28)20-3-2-4-22(30)29(20)14-17/h5-7,9,12,17,19-20H,2-4,8,10-11,13-15H2,1H3,(H,25,31)/t17?,19?,20-/m1/s1. The number of rotatable bonds is 5. The van der Waals surface area contributed by atoms with Crippen molar-refractivity contribution in [2.45, 2.75) is 45.2 Å². The van der Waals surface area contributed by atoms with E-state index in [1.54, 1.807) is 12.4 Å². The van der Waals surface area contributed by atoms with Crippen molar-refractivity contribution in [2.24, 2.45) is 11.8 Å². The molecule has 0 aliphatic carbocycles. The predicted molar refractivity (Wildman–Crippen MR) is 117 cm³/mol. The van der Waals surface area contributed by atoms with Gasteiger partial charge in [-0.25, -0.2) is 9.97 Å². The number of pyridine rings is 1. The molecule has 8 nitrogen and oxygen atoms in total. The van der Waals surface area contributed by atoms with Crippen molar-refractivity contribution in [3.8, 4) is 0 Å². The number of amides is 2. The number of anilines is 1. The van der Waals surface area contributed by atoms with Gasteiger partial charge in [-0.2, -0.15) is 0 Å². The molecule has 3 atom stereocenters. The Morgan fingerprint density at radius 1 is 1.23 bits per heavy atom. The first-order valence-electron chi connectivity index (χ1n) is 11.3. The number of imidazole rings is 1. The molecule has 3 saturated heterocycles. The molecule has 3 aliphatic rings. The number of piperidine rings is 3. The normalized spacial score (nSPS) is 25.3. The van der Waals surface area contributed by atoms with Gasteiger partial charge in [0.05, 0.1) is 5.56 Å². The van der Waals surface area contributed by atoms with Crippen LogP contribution in [0, 0.1) is 18.8 Å². The fraction of sp³-hybridized carbons (Fsp3) is 0.565. The molecule has 2 amide bonds. The zero-order valence-electron chi connectivity index (χ0n) is 18.0. The summed E-state index contributed by atoms with van der Waals surface area (Å²) in [7, 11) is 0. The van der Waals surface area contributed by atoms with Gasteiger partial charge < -0.3 is 19.7 Å². The largest absolute Gasteiger partial charge is 0.356 e. The van der Waals surface area contributed by atoms with Gasteiger partial charge in [0, 0.05) is 63.8 Å². The summed E-state index contributed by atoms with van der Waals surface area (Å²) in [6.07, 6.45) is 9.42. The predicted octanol–water partition coefficient (Wildman–Crippen LogP) is 1.85. The topological polar surface area (TPSA) is 83.4 Å². The molecule has 31 heavy (non-hydrogen) atoms. The molecule has 0 spiro atoms. The highest BCUT2D eigenvalue weighted by atomic mass is 16.2. The Bertz CT molecular complexity index is 955. The Labute approximate surface area is 182 Å². The number of hydrogen-bond acceptors (Lipinski definition) is 5. The van der Waals surface area contributed by atoms with Gasteiger partial charge >= 0.3 is 0 Å². The number of carbonyl (C=O) groups excluding carboxylic acids is 2. The van der Waals surface area contributed by atoms with Crippen molar-refractivity contribution in [3.05, 3.63) is 42.1 Å². The number of aromatic nitrogens is 3. The first-order chi connectivity index (χ1) is 15.1. The molecule has 3 fully saturated rings. The van der Waals surface area contributed by atoms with E-state index in [1.165, 1.54) is 6.42 Å². The Kier molecular flexibility index (Phi) is 5.38. The molecule has 5 rings (SSSR count). The molecule has 5 heterocycles. The van der Waals surface area contributed by atoms with Crippen LogP contribution in [0.25, 0.3) is 0 Å². The third-order valence-electron chi connectivity index (χ3n) is 7.08. The van der Waals surface area contributed by atoms with Crippen LogP contribution in [0.3, 0.4) is 0 Å². The lowest BCUT2D eigenvalue weighted by molar-refractivity contribution is -0.142. The van der Waals surface area contributed by atoms with Crippen LogP contribution in [0.4, 0.5) is 5.82 Å². The minimum absolute atomic E-state index is 0.108. The SMILES string of the molecule is Cc1nccn1CCNC(=O)c1ccc(N2CC3CC(C2)[C@H]2CCCC(=O)N2C3)nc1. The minimum Gasteiger partial charge on any atom is -0.356 e. The van der Waals surface area contributed by atoms with Gasteiger partial charge in [0.15, 0.2) is 0 Å². The van der Waals surface area contributed by atoms with E-state index in [-0.39, 0.29) is 5.91 Å². The minimum atomic E-state index is -0.108. The summed E-state index contributed by atoms with van der Waals surface area (Å²) >= 11 is 0. The maximum atomic E-state index is 12.5. The molecular weight excluding hydrogens is 392 g/mol. The van der Waals surface area contributed by atoms with Crippen LogP contribution in [-0.4, -0.2) is 63.5 Å². The monoisotopic (exact) mass is 422 g/mol. The van der Waals surface area contributed by atoms with Gasteiger partial charge in [-0.15, -0.1) is 0 Å². The van der Waals surface area contributed by atoms with E-state index in [0.717, 1.165) is 44.1 Å². The highest BCUT2D eigenvalue weighted by molar-refractivity contribution is 5.94. The Morgan fingerprint density at radius 3 is 2.90 bits per heavy atom. The van der Waals surface area contributed by atoms with Crippen LogP contribution in [0.5, 0.6) is 0 Å². The highest BCUT2D eigenvalue weighted by Crippen LogP contribution is 2.38. The van der Waals surface area contributed by atoms with Gasteiger partial charge in [0.2, 0.25) is 5.91 Å². The van der Waals surface area contributed by atoms with Crippen LogP contribution < -0.4 is 10.2 Å². The Morgan fingerprint density at radius 2 is 2.13 bits per heavy atom. The first kappa shape index (κ1) is 20.0. The first-order valence-corrected chi connectivity index (χ1v) is 11.3. The van der Waals surface area contributed by atoms with Crippen molar-refractivity contribution < 1.29 is 9.59 Å². The molecular formula is C23H30N6O2. The summed E-state index contributed by atoms with van der Waals surface area (Å²) in [5.74, 6) is 3.13. The van der Waals surface area contributed by atoms with Crippen molar-refractivity contribution in [2.75, 3.05) is 31.1 Å². The maximum absolute atomic E-state index is 12.5. The van der Waals surface area contributed by atoms with Crippen LogP contribution in [0.2, 0.25) is 0 Å². The lowest BCUT2D eigenvalue weighted by Gasteiger charge is -2.52. The molecule has 8 heteroatoms. The van der Waals surface area contributed by atoms with Gasteiger partial charge in [-0.05, 0) is 50.2 Å². The van der Waals surface area contributed by atoms with E-state index in [1.807, 2.05) is 29.8 Å². The van der Waals surface area contributed by atoms with E-state index in [2.05, 4.69) is 25.1 Å². The van der Waals surface area contributed by atoms with Crippen molar-refractivity contribution in [3.63, 3.8) is 0 Å². The smallest absolute Gasteiger partial charge is 0.252 e. The molecule has 164 valence electrons. The van der Waals surface area contributed by atoms with Crippen LogP contribution >= 0.6 is 0 Å².